The highest BCUT2D eigenvalue weighted by molar-refractivity contribution is 5.74. The predicted octanol–water partition coefficient (Wildman–Crippen LogP) is 2.26. The maximum atomic E-state index is 9.64. The van der Waals surface area contributed by atoms with E-state index in [0.29, 0.717) is 5.75 Å². The molecule has 0 radical (unpaired) electrons. The fourth-order valence-corrected chi connectivity index (χ4v) is 1.40. The third-order valence-corrected chi connectivity index (χ3v) is 2.20. The number of methoxy groups -OCH3 is 1. The fourth-order valence-electron chi connectivity index (χ4n) is 1.40. The van der Waals surface area contributed by atoms with E-state index in [2.05, 4.69) is 0 Å². The number of hydrogen-bond acceptors (Lipinski definition) is 4. The molecule has 84 valence electrons. The Kier molecular flexibility index (Phi) is 3.00. The maximum absolute atomic E-state index is 9.64. The molecule has 1 aliphatic rings. The molecule has 0 spiro atoms. The minimum Gasteiger partial charge on any atom is -0.504 e. The van der Waals surface area contributed by atoms with Gasteiger partial charge >= 0.3 is 0 Å². The van der Waals surface area contributed by atoms with Crippen molar-refractivity contribution in [3.63, 3.8) is 0 Å². The van der Waals surface area contributed by atoms with E-state index in [1.165, 1.54) is 7.11 Å². The Balaban J connectivity index is 2.33. The van der Waals surface area contributed by atoms with Crippen molar-refractivity contribution in [2.45, 2.75) is 0 Å². The second-order valence-corrected chi connectivity index (χ2v) is 3.21. The number of rotatable bonds is 2. The van der Waals surface area contributed by atoms with Crippen LogP contribution in [0.3, 0.4) is 0 Å². The van der Waals surface area contributed by atoms with E-state index in [9.17, 15) is 5.11 Å². The summed E-state index contributed by atoms with van der Waals surface area (Å²) in [7, 11) is 1.51. The van der Waals surface area contributed by atoms with Crippen molar-refractivity contribution in [3.8, 4) is 11.5 Å². The highest BCUT2D eigenvalue weighted by Crippen LogP contribution is 2.30. The number of benzene rings is 1. The Bertz CT molecular complexity index is 435. The van der Waals surface area contributed by atoms with Gasteiger partial charge in [0, 0.05) is 5.57 Å². The van der Waals surface area contributed by atoms with Crippen molar-refractivity contribution in [2.75, 3.05) is 13.9 Å². The third kappa shape index (κ3) is 2.11. The van der Waals surface area contributed by atoms with Crippen molar-refractivity contribution >= 4 is 5.57 Å². The Hall–Kier alpha value is -2.10. The smallest absolute Gasteiger partial charge is 0.229 e. The molecule has 0 saturated heterocycles. The van der Waals surface area contributed by atoms with Crippen LogP contribution >= 0.6 is 0 Å². The lowest BCUT2D eigenvalue weighted by Crippen LogP contribution is -1.87. The number of aromatic hydroxyl groups is 1. The van der Waals surface area contributed by atoms with E-state index >= 15 is 0 Å². The summed E-state index contributed by atoms with van der Waals surface area (Å²) in [5.41, 5.74) is 1.66. The van der Waals surface area contributed by atoms with Crippen LogP contribution in [0, 0.1) is 0 Å². The van der Waals surface area contributed by atoms with Gasteiger partial charge in [0.25, 0.3) is 0 Å². The average molecular weight is 220 g/mol. The number of allylic oxidation sites excluding steroid dienone is 2. The van der Waals surface area contributed by atoms with Crippen molar-refractivity contribution in [2.24, 2.45) is 0 Å². The van der Waals surface area contributed by atoms with E-state index in [1.807, 2.05) is 6.07 Å². The van der Waals surface area contributed by atoms with Crippen molar-refractivity contribution in [3.05, 3.63) is 42.4 Å². The average Bonchev–Trinajstić information content (AvgIpc) is 2.57. The van der Waals surface area contributed by atoms with Crippen LogP contribution in [0.5, 0.6) is 11.5 Å². The van der Waals surface area contributed by atoms with Gasteiger partial charge in [-0.2, -0.15) is 0 Å². The molecule has 2 rings (SSSR count). The lowest BCUT2D eigenvalue weighted by molar-refractivity contribution is 0.0486. The molecule has 0 aromatic heterocycles. The summed E-state index contributed by atoms with van der Waals surface area (Å²) < 4.78 is 15.0. The van der Waals surface area contributed by atoms with Crippen molar-refractivity contribution < 1.29 is 19.3 Å². The number of phenols is 1. The minimum atomic E-state index is 0.0967. The summed E-state index contributed by atoms with van der Waals surface area (Å²) in [6.45, 7) is 0.197. The fraction of sp³-hybridized carbons (Fsp3) is 0.167. The van der Waals surface area contributed by atoms with Crippen LogP contribution < -0.4 is 4.74 Å². The van der Waals surface area contributed by atoms with Crippen LogP contribution in [0.25, 0.3) is 5.57 Å². The number of ether oxygens (including phenoxy) is 3. The summed E-state index contributed by atoms with van der Waals surface area (Å²) in [5, 5.41) is 9.64. The van der Waals surface area contributed by atoms with Crippen LogP contribution in [0.1, 0.15) is 5.56 Å². The molecule has 0 aliphatic carbocycles. The van der Waals surface area contributed by atoms with Gasteiger partial charge in [0.2, 0.25) is 6.79 Å². The second-order valence-electron chi connectivity index (χ2n) is 3.21. The molecule has 1 aromatic carbocycles. The normalized spacial score (nSPS) is 14.4. The molecule has 1 heterocycles. The first kappa shape index (κ1) is 10.4. The largest absolute Gasteiger partial charge is 0.504 e. The first-order valence-corrected chi connectivity index (χ1v) is 4.78. The molecule has 0 amide bonds. The van der Waals surface area contributed by atoms with Crippen molar-refractivity contribution in [1.29, 1.82) is 0 Å². The van der Waals surface area contributed by atoms with Crippen LogP contribution in [-0.2, 0) is 9.47 Å². The summed E-state index contributed by atoms with van der Waals surface area (Å²) in [6, 6.07) is 5.15. The summed E-state index contributed by atoms with van der Waals surface area (Å²) >= 11 is 0. The zero-order chi connectivity index (χ0) is 11.4. The van der Waals surface area contributed by atoms with Gasteiger partial charge in [0.15, 0.2) is 11.5 Å². The van der Waals surface area contributed by atoms with Gasteiger partial charge in [0.1, 0.15) is 0 Å². The predicted molar refractivity (Wildman–Crippen MR) is 58.8 cm³/mol. The van der Waals surface area contributed by atoms with E-state index in [4.69, 9.17) is 14.2 Å². The van der Waals surface area contributed by atoms with E-state index in [0.717, 1.165) is 11.1 Å². The molecule has 0 fully saturated rings. The van der Waals surface area contributed by atoms with Crippen LogP contribution in [0.2, 0.25) is 0 Å². The van der Waals surface area contributed by atoms with Crippen LogP contribution in [0.4, 0.5) is 0 Å². The molecular weight excluding hydrogens is 208 g/mol. The number of phenolic OH excluding ortho intramolecular Hbond substituents is 1. The SMILES string of the molecule is COc1ccc(C2=COCOC=C2)cc1O. The lowest BCUT2D eigenvalue weighted by atomic mass is 10.1. The topological polar surface area (TPSA) is 47.9 Å². The molecule has 16 heavy (non-hydrogen) atoms. The molecule has 4 nitrogen and oxygen atoms in total. The Morgan fingerprint density at radius 1 is 1.31 bits per heavy atom. The second kappa shape index (κ2) is 4.61. The molecular formula is C12H12O4. The molecule has 0 unspecified atom stereocenters. The molecule has 0 atom stereocenters. The summed E-state index contributed by atoms with van der Waals surface area (Å²) in [5.74, 6) is 0.540. The molecule has 0 bridgehead atoms. The van der Waals surface area contributed by atoms with Crippen molar-refractivity contribution in [1.82, 2.24) is 0 Å². The highest BCUT2D eigenvalue weighted by Gasteiger charge is 2.06. The standard InChI is InChI=1S/C12H12O4/c1-14-12-3-2-9(6-11(12)13)10-4-5-15-8-16-7-10/h2-7,13H,8H2,1H3. The van der Waals surface area contributed by atoms with Gasteiger partial charge < -0.3 is 19.3 Å². The zero-order valence-electron chi connectivity index (χ0n) is 8.84. The Morgan fingerprint density at radius 2 is 2.19 bits per heavy atom. The Labute approximate surface area is 93.4 Å². The van der Waals surface area contributed by atoms with Gasteiger partial charge in [-0.1, -0.05) is 6.07 Å². The lowest BCUT2D eigenvalue weighted by Gasteiger charge is -2.06. The molecule has 1 aliphatic heterocycles. The van der Waals surface area contributed by atoms with E-state index in [1.54, 1.807) is 30.7 Å². The maximum Gasteiger partial charge on any atom is 0.229 e. The van der Waals surface area contributed by atoms with Crippen LogP contribution in [-0.4, -0.2) is 19.0 Å². The van der Waals surface area contributed by atoms with Gasteiger partial charge in [0.05, 0.1) is 19.6 Å². The van der Waals surface area contributed by atoms with Gasteiger partial charge in [-0.3, -0.25) is 0 Å². The molecule has 1 aromatic rings. The first-order valence-electron chi connectivity index (χ1n) is 4.78. The van der Waals surface area contributed by atoms with Gasteiger partial charge in [-0.25, -0.2) is 0 Å². The molecule has 4 heteroatoms. The summed E-state index contributed by atoms with van der Waals surface area (Å²) in [6.07, 6.45) is 4.92. The first-order chi connectivity index (χ1) is 7.81. The van der Waals surface area contributed by atoms with Crippen LogP contribution in [0.15, 0.2) is 36.8 Å². The van der Waals surface area contributed by atoms with Gasteiger partial charge in [-0.05, 0) is 23.8 Å². The summed E-state index contributed by atoms with van der Waals surface area (Å²) in [4.78, 5) is 0. The van der Waals surface area contributed by atoms with Gasteiger partial charge in [-0.15, -0.1) is 0 Å². The molecule has 1 N–H and O–H groups in total. The monoisotopic (exact) mass is 220 g/mol. The Morgan fingerprint density at radius 3 is 2.94 bits per heavy atom. The molecule has 0 saturated carbocycles. The zero-order valence-corrected chi connectivity index (χ0v) is 8.84. The van der Waals surface area contributed by atoms with E-state index < -0.39 is 0 Å². The van der Waals surface area contributed by atoms with E-state index in [-0.39, 0.29) is 12.5 Å². The number of hydrogen-bond donors (Lipinski definition) is 1. The highest BCUT2D eigenvalue weighted by atomic mass is 16.7. The third-order valence-electron chi connectivity index (χ3n) is 2.20. The minimum absolute atomic E-state index is 0.0967. The quantitative estimate of drug-likeness (QED) is 0.830.